The van der Waals surface area contributed by atoms with Crippen LogP contribution in [0, 0.1) is 0 Å². The number of likely N-dealkylation sites (tertiary alicyclic amines) is 1. The van der Waals surface area contributed by atoms with Crippen LogP contribution in [0.25, 0.3) is 0 Å². The predicted octanol–water partition coefficient (Wildman–Crippen LogP) is 0.387. The summed E-state index contributed by atoms with van der Waals surface area (Å²) in [6.07, 6.45) is 1.08. The summed E-state index contributed by atoms with van der Waals surface area (Å²) in [6.45, 7) is 2.65. The van der Waals surface area contributed by atoms with Crippen LogP contribution in [-0.4, -0.2) is 41.7 Å². The van der Waals surface area contributed by atoms with Gasteiger partial charge in [0.2, 0.25) is 5.91 Å². The highest BCUT2D eigenvalue weighted by molar-refractivity contribution is 6.30. The van der Waals surface area contributed by atoms with E-state index in [9.17, 15) is 9.90 Å². The van der Waals surface area contributed by atoms with Gasteiger partial charge in [0.15, 0.2) is 0 Å². The Balaban J connectivity index is 1.67. The molecular weight excluding hydrogens is 264 g/mol. The Morgan fingerprint density at radius 2 is 2.11 bits per heavy atom. The molecule has 1 aromatic rings. The van der Waals surface area contributed by atoms with Gasteiger partial charge in [0.1, 0.15) is 19.2 Å². The Morgan fingerprint density at radius 1 is 1.37 bits per heavy atom. The molecule has 1 heterocycles. The zero-order chi connectivity index (χ0) is 13.7. The van der Waals surface area contributed by atoms with Crippen molar-refractivity contribution in [3.05, 3.63) is 34.9 Å². The number of hydrogen-bond donors (Lipinski definition) is 2. The number of hydrogen-bond acceptors (Lipinski definition) is 2. The van der Waals surface area contributed by atoms with Crippen molar-refractivity contribution in [1.29, 1.82) is 0 Å². The van der Waals surface area contributed by atoms with Crippen LogP contribution < -0.4 is 5.32 Å². The monoisotopic (exact) mass is 283 g/mol. The summed E-state index contributed by atoms with van der Waals surface area (Å²) < 4.78 is 0. The van der Waals surface area contributed by atoms with E-state index in [2.05, 4.69) is 5.32 Å². The van der Waals surface area contributed by atoms with Crippen molar-refractivity contribution in [3.63, 3.8) is 0 Å². The number of quaternary nitrogens is 1. The second-order valence-corrected chi connectivity index (χ2v) is 5.39. The molecule has 1 atom stereocenters. The van der Waals surface area contributed by atoms with Crippen molar-refractivity contribution in [2.45, 2.75) is 25.5 Å². The summed E-state index contributed by atoms with van der Waals surface area (Å²) in [4.78, 5) is 13.2. The molecule has 3 N–H and O–H groups in total. The molecule has 1 aromatic carbocycles. The number of aliphatic hydroxyl groups is 1. The van der Waals surface area contributed by atoms with Crippen molar-refractivity contribution < 1.29 is 15.2 Å². The molecule has 4 nitrogen and oxygen atoms in total. The lowest BCUT2D eigenvalue weighted by Gasteiger charge is -2.18. The van der Waals surface area contributed by atoms with Gasteiger partial charge in [0.25, 0.3) is 0 Å². The van der Waals surface area contributed by atoms with Crippen LogP contribution in [0.4, 0.5) is 0 Å². The fourth-order valence-electron chi connectivity index (χ4n) is 2.29. The first-order chi connectivity index (χ1) is 9.15. The Bertz CT molecular complexity index is 422. The maximum absolute atomic E-state index is 11.4. The van der Waals surface area contributed by atoms with Crippen molar-refractivity contribution >= 4 is 17.5 Å². The summed E-state index contributed by atoms with van der Waals surface area (Å²) in [7, 11) is 0. The van der Waals surface area contributed by atoms with E-state index in [-0.39, 0.29) is 5.91 Å². The Morgan fingerprint density at radius 3 is 2.74 bits per heavy atom. The number of carbonyl (C=O) groups is 1. The lowest BCUT2D eigenvalue weighted by atomic mass is 10.2. The Kier molecular flexibility index (Phi) is 5.19. The molecule has 0 saturated carbocycles. The molecule has 5 heteroatoms. The molecule has 104 valence electrons. The number of aliphatic hydroxyl groups excluding tert-OH is 1. The smallest absolute Gasteiger partial charge is 0.222 e. The van der Waals surface area contributed by atoms with E-state index in [1.165, 1.54) is 5.56 Å². The summed E-state index contributed by atoms with van der Waals surface area (Å²) in [5.74, 6) is 0.164. The third-order valence-electron chi connectivity index (χ3n) is 3.33. The van der Waals surface area contributed by atoms with Gasteiger partial charge in [0.05, 0.1) is 6.54 Å². The van der Waals surface area contributed by atoms with Crippen LogP contribution in [0.2, 0.25) is 5.02 Å². The average molecular weight is 284 g/mol. The summed E-state index contributed by atoms with van der Waals surface area (Å²) in [5, 5.41) is 12.7. The fourth-order valence-corrected chi connectivity index (χ4v) is 2.41. The highest BCUT2D eigenvalue weighted by atomic mass is 35.5. The van der Waals surface area contributed by atoms with E-state index in [1.54, 1.807) is 4.90 Å². The van der Waals surface area contributed by atoms with Gasteiger partial charge in [-0.1, -0.05) is 23.7 Å². The van der Waals surface area contributed by atoms with Gasteiger partial charge in [-0.15, -0.1) is 0 Å². The maximum Gasteiger partial charge on any atom is 0.222 e. The van der Waals surface area contributed by atoms with E-state index in [1.807, 2.05) is 24.3 Å². The number of benzene rings is 1. The zero-order valence-electron chi connectivity index (χ0n) is 10.9. The standard InChI is InChI=1S/C14H19ClN2O2/c15-12-5-3-11(4-6-12)8-16-9-13(18)10-17-7-1-2-14(17)19/h3-6,13,16,18H,1-2,7-10H2/p+1/t13-/m0/s1. The predicted molar refractivity (Wildman–Crippen MR) is 73.8 cm³/mol. The molecule has 2 rings (SSSR count). The molecule has 1 aliphatic heterocycles. The third kappa shape index (κ3) is 4.49. The SMILES string of the molecule is O=C1CCCN1C[C@@H](O)C[NH2+]Cc1ccc(Cl)cc1. The molecule has 0 unspecified atom stereocenters. The summed E-state index contributed by atoms with van der Waals surface area (Å²) in [6, 6.07) is 7.69. The van der Waals surface area contributed by atoms with Crippen LogP contribution in [-0.2, 0) is 11.3 Å². The van der Waals surface area contributed by atoms with Crippen molar-refractivity contribution in [2.24, 2.45) is 0 Å². The van der Waals surface area contributed by atoms with E-state index < -0.39 is 6.10 Å². The van der Waals surface area contributed by atoms with Gasteiger partial charge in [-0.05, 0) is 18.6 Å². The van der Waals surface area contributed by atoms with E-state index >= 15 is 0 Å². The number of nitrogens with two attached hydrogens (primary N) is 1. The summed E-state index contributed by atoms with van der Waals surface area (Å²) >= 11 is 5.82. The van der Waals surface area contributed by atoms with Crippen LogP contribution in [0.1, 0.15) is 18.4 Å². The highest BCUT2D eigenvalue weighted by Gasteiger charge is 2.22. The molecule has 1 amide bonds. The number of halogens is 1. The van der Waals surface area contributed by atoms with Gasteiger partial charge in [0, 0.05) is 23.6 Å². The second-order valence-electron chi connectivity index (χ2n) is 4.95. The third-order valence-corrected chi connectivity index (χ3v) is 3.59. The van der Waals surface area contributed by atoms with Crippen molar-refractivity contribution in [1.82, 2.24) is 4.90 Å². The molecule has 1 saturated heterocycles. The van der Waals surface area contributed by atoms with Crippen LogP contribution >= 0.6 is 11.6 Å². The molecule has 0 aliphatic carbocycles. The van der Waals surface area contributed by atoms with Gasteiger partial charge in [-0.2, -0.15) is 0 Å². The van der Waals surface area contributed by atoms with Gasteiger partial charge >= 0.3 is 0 Å². The normalized spacial score (nSPS) is 16.9. The first-order valence-corrected chi connectivity index (χ1v) is 7.05. The Labute approximate surface area is 118 Å². The topological polar surface area (TPSA) is 57.2 Å². The average Bonchev–Trinajstić information content (AvgIpc) is 2.78. The maximum atomic E-state index is 11.4. The second kappa shape index (κ2) is 6.89. The molecule has 1 aliphatic rings. The minimum atomic E-state index is -0.464. The Hall–Kier alpha value is -1.10. The van der Waals surface area contributed by atoms with Gasteiger partial charge < -0.3 is 15.3 Å². The first kappa shape index (κ1) is 14.3. The number of β-amino-alcohol motifs (C(OH)–C–C–N with tert-alkyl or cyclic N) is 1. The van der Waals surface area contributed by atoms with Gasteiger partial charge in [-0.25, -0.2) is 0 Å². The number of carbonyl (C=O) groups excluding carboxylic acids is 1. The molecule has 19 heavy (non-hydrogen) atoms. The molecule has 0 aromatic heterocycles. The summed E-state index contributed by atoms with van der Waals surface area (Å²) in [5.41, 5.74) is 1.17. The molecule has 1 fully saturated rings. The minimum absolute atomic E-state index is 0.164. The van der Waals surface area contributed by atoms with Crippen molar-refractivity contribution in [2.75, 3.05) is 19.6 Å². The van der Waals surface area contributed by atoms with Crippen LogP contribution in [0.15, 0.2) is 24.3 Å². The quantitative estimate of drug-likeness (QED) is 0.793. The fraction of sp³-hybridized carbons (Fsp3) is 0.500. The lowest BCUT2D eigenvalue weighted by molar-refractivity contribution is -0.676. The first-order valence-electron chi connectivity index (χ1n) is 6.67. The van der Waals surface area contributed by atoms with Gasteiger partial charge in [-0.3, -0.25) is 4.79 Å². The van der Waals surface area contributed by atoms with E-state index in [0.717, 1.165) is 24.5 Å². The number of rotatable bonds is 6. The van der Waals surface area contributed by atoms with E-state index in [0.29, 0.717) is 19.5 Å². The van der Waals surface area contributed by atoms with Crippen LogP contribution in [0.3, 0.4) is 0 Å². The van der Waals surface area contributed by atoms with Crippen LogP contribution in [0.5, 0.6) is 0 Å². The number of amides is 1. The number of nitrogens with zero attached hydrogens (tertiary/aromatic N) is 1. The molecule has 0 radical (unpaired) electrons. The lowest BCUT2D eigenvalue weighted by Crippen LogP contribution is -2.85. The highest BCUT2D eigenvalue weighted by Crippen LogP contribution is 2.09. The molecular formula is C14H20ClN2O2+. The minimum Gasteiger partial charge on any atom is -0.385 e. The van der Waals surface area contributed by atoms with E-state index in [4.69, 9.17) is 11.6 Å². The molecule has 0 bridgehead atoms. The molecule has 0 spiro atoms. The van der Waals surface area contributed by atoms with Crippen molar-refractivity contribution in [3.8, 4) is 0 Å². The zero-order valence-corrected chi connectivity index (χ0v) is 11.6. The largest absolute Gasteiger partial charge is 0.385 e.